The molecule has 5 rings (SSSR count). The van der Waals surface area contributed by atoms with Gasteiger partial charge in [-0.3, -0.25) is 9.59 Å². The lowest BCUT2D eigenvalue weighted by Crippen LogP contribution is -2.35. The Morgan fingerprint density at radius 3 is 2.45 bits per heavy atom. The molecular weight excluding hydrogens is 380 g/mol. The van der Waals surface area contributed by atoms with Crippen LogP contribution in [-0.2, 0) is 11.2 Å². The molecule has 1 aliphatic carbocycles. The third kappa shape index (κ3) is 2.87. The monoisotopic (exact) mass is 398 g/mol. The molecule has 0 saturated carbocycles. The van der Waals surface area contributed by atoms with E-state index in [1.807, 2.05) is 55.5 Å². The number of ketones is 2. The number of halogens is 1. The maximum Gasteiger partial charge on any atom is 0.174 e. The highest BCUT2D eigenvalue weighted by Crippen LogP contribution is 2.39. The first-order valence-electron chi connectivity index (χ1n) is 9.81. The highest BCUT2D eigenvalue weighted by Gasteiger charge is 2.39. The maximum atomic E-state index is 13.6. The lowest BCUT2D eigenvalue weighted by molar-refractivity contribution is -0.122. The van der Waals surface area contributed by atoms with Gasteiger partial charge in [-0.25, -0.2) is 0 Å². The van der Waals surface area contributed by atoms with Crippen LogP contribution in [0.1, 0.15) is 34.3 Å². The fourth-order valence-electron chi connectivity index (χ4n) is 4.59. The van der Waals surface area contributed by atoms with E-state index < -0.39 is 5.92 Å². The summed E-state index contributed by atoms with van der Waals surface area (Å²) in [4.78, 5) is 26.6. The molecule has 0 aliphatic heterocycles. The van der Waals surface area contributed by atoms with Crippen LogP contribution in [0.5, 0.6) is 0 Å². The average molecular weight is 399 g/mol. The summed E-state index contributed by atoms with van der Waals surface area (Å²) in [6.07, 6.45) is 0.381. The molecule has 142 valence electrons. The molecule has 0 saturated heterocycles. The van der Waals surface area contributed by atoms with Crippen molar-refractivity contribution in [2.75, 3.05) is 0 Å². The lowest BCUT2D eigenvalue weighted by atomic mass is 9.72. The summed E-state index contributed by atoms with van der Waals surface area (Å²) in [5.41, 5.74) is 2.45. The van der Waals surface area contributed by atoms with E-state index in [0.717, 1.165) is 32.7 Å². The predicted octanol–water partition coefficient (Wildman–Crippen LogP) is 6.37. The van der Waals surface area contributed by atoms with Crippen LogP contribution >= 0.6 is 11.6 Å². The third-order valence-corrected chi connectivity index (χ3v) is 6.32. The van der Waals surface area contributed by atoms with Gasteiger partial charge in [0.1, 0.15) is 0 Å². The molecule has 0 amide bonds. The Morgan fingerprint density at radius 2 is 1.62 bits per heavy atom. The molecule has 3 heteroatoms. The molecule has 0 aromatic heterocycles. The van der Waals surface area contributed by atoms with Crippen molar-refractivity contribution in [2.45, 2.75) is 19.3 Å². The molecule has 0 spiro atoms. The van der Waals surface area contributed by atoms with E-state index in [2.05, 4.69) is 18.2 Å². The van der Waals surface area contributed by atoms with Crippen LogP contribution in [0.4, 0.5) is 0 Å². The smallest absolute Gasteiger partial charge is 0.174 e. The Bertz CT molecular complexity index is 1300. The van der Waals surface area contributed by atoms with Gasteiger partial charge in [-0.1, -0.05) is 79.2 Å². The van der Waals surface area contributed by atoms with E-state index in [0.29, 0.717) is 17.0 Å². The van der Waals surface area contributed by atoms with Gasteiger partial charge in [0.05, 0.1) is 5.92 Å². The minimum atomic E-state index is -0.673. The lowest BCUT2D eigenvalue weighted by Gasteiger charge is -2.28. The summed E-state index contributed by atoms with van der Waals surface area (Å²) in [6.45, 7) is 1.91. The van der Waals surface area contributed by atoms with Gasteiger partial charge in [-0.05, 0) is 51.2 Å². The molecule has 29 heavy (non-hydrogen) atoms. The molecule has 4 aromatic rings. The van der Waals surface area contributed by atoms with Gasteiger partial charge in [0, 0.05) is 16.5 Å². The summed E-state index contributed by atoms with van der Waals surface area (Å²) in [5, 5.41) is 4.86. The van der Waals surface area contributed by atoms with Crippen molar-refractivity contribution in [3.8, 4) is 0 Å². The van der Waals surface area contributed by atoms with Crippen molar-refractivity contribution in [3.05, 3.63) is 94.5 Å². The minimum absolute atomic E-state index is 0.0115. The van der Waals surface area contributed by atoms with Crippen molar-refractivity contribution in [1.82, 2.24) is 0 Å². The number of rotatable bonds is 2. The van der Waals surface area contributed by atoms with Crippen LogP contribution in [-0.4, -0.2) is 11.6 Å². The van der Waals surface area contributed by atoms with E-state index in [1.54, 1.807) is 6.07 Å². The number of Topliss-reactive ketones (excluding diaryl/α,β-unsaturated/α-hetero) is 2. The number of carbonyl (C=O) groups is 2. The molecule has 2 unspecified atom stereocenters. The summed E-state index contributed by atoms with van der Waals surface area (Å²) in [6, 6.07) is 23.7. The average Bonchev–Trinajstić information content (AvgIpc) is 2.74. The van der Waals surface area contributed by atoms with E-state index in [1.165, 1.54) is 0 Å². The Kier molecular flexibility index (Phi) is 4.25. The molecule has 4 aromatic carbocycles. The second kappa shape index (κ2) is 6.82. The van der Waals surface area contributed by atoms with Gasteiger partial charge in [0.15, 0.2) is 11.6 Å². The first-order valence-corrected chi connectivity index (χ1v) is 10.2. The van der Waals surface area contributed by atoms with Gasteiger partial charge >= 0.3 is 0 Å². The molecule has 2 atom stereocenters. The van der Waals surface area contributed by atoms with E-state index >= 15 is 0 Å². The molecule has 0 N–H and O–H groups in total. The molecule has 1 aliphatic rings. The van der Waals surface area contributed by atoms with Crippen molar-refractivity contribution in [1.29, 1.82) is 0 Å². The molecular formula is C26H19ClO2. The van der Waals surface area contributed by atoms with Gasteiger partial charge in [0.2, 0.25) is 0 Å². The Morgan fingerprint density at radius 1 is 0.828 bits per heavy atom. The second-order valence-corrected chi connectivity index (χ2v) is 8.22. The molecule has 0 radical (unpaired) electrons. The fraction of sp³-hybridized carbons (Fsp3) is 0.154. The summed E-state index contributed by atoms with van der Waals surface area (Å²) < 4.78 is 0. The minimum Gasteiger partial charge on any atom is -0.298 e. The highest BCUT2D eigenvalue weighted by atomic mass is 35.5. The normalized spacial score (nSPS) is 19.0. The van der Waals surface area contributed by atoms with Crippen molar-refractivity contribution < 1.29 is 9.59 Å². The largest absolute Gasteiger partial charge is 0.298 e. The number of hydrogen-bond donors (Lipinski definition) is 0. The maximum absolute atomic E-state index is 13.6. The van der Waals surface area contributed by atoms with E-state index in [9.17, 15) is 9.59 Å². The van der Waals surface area contributed by atoms with Crippen LogP contribution in [0.3, 0.4) is 0 Å². The quantitative estimate of drug-likeness (QED) is 0.290. The fourth-order valence-corrected chi connectivity index (χ4v) is 4.81. The first-order chi connectivity index (χ1) is 14.0. The number of hydrogen-bond acceptors (Lipinski definition) is 2. The zero-order valence-corrected chi connectivity index (χ0v) is 16.7. The molecule has 2 nitrogen and oxygen atoms in total. The Labute approximate surface area is 174 Å². The Hall–Kier alpha value is -2.97. The van der Waals surface area contributed by atoms with Crippen LogP contribution < -0.4 is 0 Å². The Balaban J connectivity index is 1.69. The summed E-state index contributed by atoms with van der Waals surface area (Å²) in [5.74, 6) is -1.07. The molecule has 0 heterocycles. The summed E-state index contributed by atoms with van der Waals surface area (Å²) in [7, 11) is 0. The predicted molar refractivity (Wildman–Crippen MR) is 118 cm³/mol. The van der Waals surface area contributed by atoms with Gasteiger partial charge in [0.25, 0.3) is 0 Å². The van der Waals surface area contributed by atoms with Gasteiger partial charge < -0.3 is 0 Å². The van der Waals surface area contributed by atoms with Crippen molar-refractivity contribution in [3.63, 3.8) is 0 Å². The zero-order valence-electron chi connectivity index (χ0n) is 16.0. The first kappa shape index (κ1) is 18.1. The van der Waals surface area contributed by atoms with E-state index in [4.69, 9.17) is 11.6 Å². The zero-order chi connectivity index (χ0) is 20.1. The van der Waals surface area contributed by atoms with Crippen molar-refractivity contribution >= 4 is 44.7 Å². The number of benzene rings is 4. The summed E-state index contributed by atoms with van der Waals surface area (Å²) >= 11 is 6.11. The second-order valence-electron chi connectivity index (χ2n) is 7.79. The molecule has 0 fully saturated rings. The topological polar surface area (TPSA) is 34.1 Å². The number of fused-ring (bicyclic) bond motifs is 5. The molecule has 0 bridgehead atoms. The number of carbonyl (C=O) groups excluding carboxylic acids is 2. The van der Waals surface area contributed by atoms with Crippen LogP contribution in [0.25, 0.3) is 21.5 Å². The third-order valence-electron chi connectivity index (χ3n) is 6.09. The van der Waals surface area contributed by atoms with Gasteiger partial charge in [-0.2, -0.15) is 0 Å². The van der Waals surface area contributed by atoms with Crippen molar-refractivity contribution in [2.24, 2.45) is 5.92 Å². The van der Waals surface area contributed by atoms with E-state index in [-0.39, 0.29) is 17.5 Å². The highest BCUT2D eigenvalue weighted by molar-refractivity contribution is 6.30. The van der Waals surface area contributed by atoms with Crippen LogP contribution in [0, 0.1) is 5.92 Å². The SMILES string of the molecule is CC1C(=O)C(Cc2cccc(Cl)c2)C(=O)c2c1ccc1c2ccc2ccccc21. The van der Waals surface area contributed by atoms with Crippen LogP contribution in [0.2, 0.25) is 5.02 Å². The van der Waals surface area contributed by atoms with Crippen LogP contribution in [0.15, 0.2) is 72.8 Å². The van der Waals surface area contributed by atoms with Gasteiger partial charge in [-0.15, -0.1) is 0 Å². The standard InChI is InChI=1S/C26H19ClO2/c1-15-19-11-12-21-20-8-3-2-6-17(20)9-10-22(21)24(19)26(29)23(25(15)28)14-16-5-4-7-18(27)13-16/h2-13,15,23H,14H2,1H3.